The quantitative estimate of drug-likeness (QED) is 0.773. The Bertz CT molecular complexity index is 569. The molecule has 2 aliphatic rings. The van der Waals surface area contributed by atoms with E-state index in [2.05, 4.69) is 13.0 Å². The number of nitriles is 1. The third kappa shape index (κ3) is 2.02. The summed E-state index contributed by atoms with van der Waals surface area (Å²) in [4.78, 5) is 14.0. The van der Waals surface area contributed by atoms with Crippen molar-refractivity contribution in [2.75, 3.05) is 4.90 Å². The number of anilines is 1. The average molecular weight is 254 g/mol. The zero-order valence-corrected chi connectivity index (χ0v) is 11.4. The van der Waals surface area contributed by atoms with E-state index < -0.39 is 0 Å². The van der Waals surface area contributed by atoms with Gasteiger partial charge < -0.3 is 4.90 Å². The van der Waals surface area contributed by atoms with Crippen molar-refractivity contribution in [1.82, 2.24) is 0 Å². The summed E-state index contributed by atoms with van der Waals surface area (Å²) in [5.74, 6) is 1.26. The summed E-state index contributed by atoms with van der Waals surface area (Å²) in [5.41, 5.74) is 2.83. The van der Waals surface area contributed by atoms with E-state index in [-0.39, 0.29) is 5.91 Å². The Morgan fingerprint density at radius 2 is 2.16 bits per heavy atom. The maximum absolute atomic E-state index is 12.1. The van der Waals surface area contributed by atoms with Crippen LogP contribution in [0, 0.1) is 23.2 Å². The van der Waals surface area contributed by atoms with Crippen molar-refractivity contribution >= 4 is 11.6 Å². The molecule has 1 fully saturated rings. The Kier molecular flexibility index (Phi) is 2.82. The van der Waals surface area contributed by atoms with E-state index in [0.29, 0.717) is 23.4 Å². The molecule has 0 aromatic heterocycles. The molecule has 3 nitrogen and oxygen atoms in total. The molecular weight excluding hydrogens is 236 g/mol. The topological polar surface area (TPSA) is 44.1 Å². The predicted octanol–water partition coefficient (Wildman–Crippen LogP) is 2.88. The number of hydrogen-bond acceptors (Lipinski definition) is 2. The van der Waals surface area contributed by atoms with Gasteiger partial charge in [-0.25, -0.2) is 0 Å². The molecule has 1 amide bonds. The minimum absolute atomic E-state index is 0.120. The minimum atomic E-state index is 0.120. The second-order valence-electron chi connectivity index (χ2n) is 5.85. The standard InChI is InChI=1S/C16H18N2O/c1-10-7-14-8-12(9-17)3-6-15(14)18(11(2)19)16(10)13-4-5-13/h3,6,8,10,13,16H,4-5,7H2,1-2H3/t10-,16-/m1/s1. The SMILES string of the molecule is CC(=O)N1c2ccc(C#N)cc2C[C@@H](C)[C@@H]1C1CC1. The van der Waals surface area contributed by atoms with Crippen molar-refractivity contribution in [2.24, 2.45) is 11.8 Å². The zero-order valence-electron chi connectivity index (χ0n) is 11.4. The minimum Gasteiger partial charge on any atom is -0.309 e. The number of rotatable bonds is 1. The van der Waals surface area contributed by atoms with Gasteiger partial charge in [0.2, 0.25) is 5.91 Å². The van der Waals surface area contributed by atoms with E-state index in [1.165, 1.54) is 12.8 Å². The van der Waals surface area contributed by atoms with Crippen molar-refractivity contribution in [2.45, 2.75) is 39.2 Å². The molecule has 3 heteroatoms. The van der Waals surface area contributed by atoms with Gasteiger partial charge in [0.15, 0.2) is 0 Å². The highest BCUT2D eigenvalue weighted by Crippen LogP contribution is 2.45. The fourth-order valence-corrected chi connectivity index (χ4v) is 3.43. The molecule has 3 rings (SSSR count). The molecule has 1 aromatic carbocycles. The highest BCUT2D eigenvalue weighted by Gasteiger charge is 2.43. The fraction of sp³-hybridized carbons (Fsp3) is 0.500. The number of fused-ring (bicyclic) bond motifs is 1. The van der Waals surface area contributed by atoms with Crippen LogP contribution in [-0.4, -0.2) is 11.9 Å². The van der Waals surface area contributed by atoms with Gasteiger partial charge in [0.05, 0.1) is 11.6 Å². The number of carbonyl (C=O) groups is 1. The zero-order chi connectivity index (χ0) is 13.6. The number of benzene rings is 1. The summed E-state index contributed by atoms with van der Waals surface area (Å²) in [7, 11) is 0. The van der Waals surface area contributed by atoms with Crippen LogP contribution in [0.3, 0.4) is 0 Å². The van der Waals surface area contributed by atoms with Gasteiger partial charge in [-0.1, -0.05) is 6.92 Å². The number of carbonyl (C=O) groups excluding carboxylic acids is 1. The molecule has 2 atom stereocenters. The predicted molar refractivity (Wildman–Crippen MR) is 73.7 cm³/mol. The first-order valence-corrected chi connectivity index (χ1v) is 6.94. The van der Waals surface area contributed by atoms with E-state index in [0.717, 1.165) is 17.7 Å². The van der Waals surface area contributed by atoms with E-state index in [4.69, 9.17) is 5.26 Å². The van der Waals surface area contributed by atoms with Crippen molar-refractivity contribution in [1.29, 1.82) is 5.26 Å². The van der Waals surface area contributed by atoms with Gasteiger partial charge in [-0.15, -0.1) is 0 Å². The smallest absolute Gasteiger partial charge is 0.224 e. The molecule has 0 unspecified atom stereocenters. The van der Waals surface area contributed by atoms with Gasteiger partial charge in [0.25, 0.3) is 0 Å². The molecule has 19 heavy (non-hydrogen) atoms. The van der Waals surface area contributed by atoms with Crippen LogP contribution >= 0.6 is 0 Å². The third-order valence-electron chi connectivity index (χ3n) is 4.34. The molecule has 98 valence electrons. The van der Waals surface area contributed by atoms with Crippen LogP contribution in [0.25, 0.3) is 0 Å². The summed E-state index contributed by atoms with van der Waals surface area (Å²) in [6, 6.07) is 8.21. The van der Waals surface area contributed by atoms with Crippen molar-refractivity contribution < 1.29 is 4.79 Å². The summed E-state index contributed by atoms with van der Waals surface area (Å²) in [6.07, 6.45) is 3.45. The van der Waals surface area contributed by atoms with Crippen LogP contribution in [-0.2, 0) is 11.2 Å². The summed E-state index contributed by atoms with van der Waals surface area (Å²) in [5, 5.41) is 9.00. The first kappa shape index (κ1) is 12.2. The lowest BCUT2D eigenvalue weighted by Crippen LogP contribution is -2.48. The molecule has 0 N–H and O–H groups in total. The van der Waals surface area contributed by atoms with Gasteiger partial charge in [0, 0.05) is 18.7 Å². The maximum atomic E-state index is 12.1. The maximum Gasteiger partial charge on any atom is 0.224 e. The highest BCUT2D eigenvalue weighted by molar-refractivity contribution is 5.93. The van der Waals surface area contributed by atoms with E-state index >= 15 is 0 Å². The first-order valence-electron chi connectivity index (χ1n) is 6.94. The largest absolute Gasteiger partial charge is 0.309 e. The van der Waals surface area contributed by atoms with Crippen LogP contribution in [0.5, 0.6) is 0 Å². The molecule has 1 heterocycles. The van der Waals surface area contributed by atoms with Gasteiger partial charge in [-0.2, -0.15) is 5.26 Å². The normalized spacial score (nSPS) is 25.6. The number of amides is 1. The van der Waals surface area contributed by atoms with E-state index in [9.17, 15) is 4.79 Å². The second kappa shape index (κ2) is 4.38. The average Bonchev–Trinajstić information content (AvgIpc) is 3.20. The second-order valence-corrected chi connectivity index (χ2v) is 5.85. The Morgan fingerprint density at radius 1 is 1.42 bits per heavy atom. The van der Waals surface area contributed by atoms with Gasteiger partial charge in [-0.3, -0.25) is 4.79 Å². The number of hydrogen-bond donors (Lipinski definition) is 0. The summed E-state index contributed by atoms with van der Waals surface area (Å²) < 4.78 is 0. The van der Waals surface area contributed by atoms with Gasteiger partial charge >= 0.3 is 0 Å². The Balaban J connectivity index is 2.07. The summed E-state index contributed by atoms with van der Waals surface area (Å²) >= 11 is 0. The van der Waals surface area contributed by atoms with Crippen molar-refractivity contribution in [3.8, 4) is 6.07 Å². The van der Waals surface area contributed by atoms with Gasteiger partial charge in [-0.05, 0) is 54.9 Å². The van der Waals surface area contributed by atoms with Crippen LogP contribution in [0.4, 0.5) is 5.69 Å². The lowest BCUT2D eigenvalue weighted by Gasteiger charge is -2.41. The Morgan fingerprint density at radius 3 is 2.74 bits per heavy atom. The van der Waals surface area contributed by atoms with E-state index in [1.807, 2.05) is 23.1 Å². The van der Waals surface area contributed by atoms with Gasteiger partial charge in [0.1, 0.15) is 0 Å². The highest BCUT2D eigenvalue weighted by atomic mass is 16.2. The van der Waals surface area contributed by atoms with E-state index in [1.54, 1.807) is 6.92 Å². The molecule has 0 bridgehead atoms. The molecule has 0 radical (unpaired) electrons. The molecular formula is C16H18N2O. The fourth-order valence-electron chi connectivity index (χ4n) is 3.43. The monoisotopic (exact) mass is 254 g/mol. The molecule has 1 saturated carbocycles. The molecule has 1 aliphatic heterocycles. The molecule has 0 spiro atoms. The molecule has 0 saturated heterocycles. The Labute approximate surface area is 113 Å². The first-order chi connectivity index (χ1) is 9.11. The Hall–Kier alpha value is -1.82. The van der Waals surface area contributed by atoms with Crippen LogP contribution in [0.2, 0.25) is 0 Å². The lowest BCUT2D eigenvalue weighted by molar-refractivity contribution is -0.117. The third-order valence-corrected chi connectivity index (χ3v) is 4.34. The van der Waals surface area contributed by atoms with Crippen LogP contribution < -0.4 is 4.90 Å². The lowest BCUT2D eigenvalue weighted by atomic mass is 9.83. The molecule has 1 aliphatic carbocycles. The summed E-state index contributed by atoms with van der Waals surface area (Å²) in [6.45, 7) is 3.87. The number of nitrogens with zero attached hydrogens (tertiary/aromatic N) is 2. The molecule has 1 aromatic rings. The van der Waals surface area contributed by atoms with Crippen LogP contribution in [0.1, 0.15) is 37.8 Å². The van der Waals surface area contributed by atoms with Crippen molar-refractivity contribution in [3.05, 3.63) is 29.3 Å². The van der Waals surface area contributed by atoms with Crippen LogP contribution in [0.15, 0.2) is 18.2 Å². The van der Waals surface area contributed by atoms with Crippen molar-refractivity contribution in [3.63, 3.8) is 0 Å².